The zero-order valence-corrected chi connectivity index (χ0v) is 10.8. The van der Waals surface area contributed by atoms with Crippen LogP contribution in [0.25, 0.3) is 0 Å². The molecule has 0 radical (unpaired) electrons. The summed E-state index contributed by atoms with van der Waals surface area (Å²) in [4.78, 5) is 7.50. The summed E-state index contributed by atoms with van der Waals surface area (Å²) in [6.45, 7) is 4.21. The quantitative estimate of drug-likeness (QED) is 0.818. The molecule has 0 saturated carbocycles. The SMILES string of the molecule is CCC(CC)=Nc1ccc(Cc2cc[nH]c2)nn1. The maximum atomic E-state index is 4.47. The Morgan fingerprint density at radius 3 is 2.56 bits per heavy atom. The van der Waals surface area contributed by atoms with Gasteiger partial charge in [-0.05, 0) is 36.6 Å². The van der Waals surface area contributed by atoms with E-state index >= 15 is 0 Å². The minimum Gasteiger partial charge on any atom is -0.367 e. The van der Waals surface area contributed by atoms with Gasteiger partial charge in [0.1, 0.15) is 0 Å². The molecule has 0 aliphatic carbocycles. The van der Waals surface area contributed by atoms with Crippen molar-refractivity contribution in [3.8, 4) is 0 Å². The molecule has 0 aliphatic heterocycles. The molecule has 94 valence electrons. The highest BCUT2D eigenvalue weighted by Crippen LogP contribution is 2.11. The van der Waals surface area contributed by atoms with Crippen LogP contribution >= 0.6 is 0 Å². The summed E-state index contributed by atoms with van der Waals surface area (Å²) < 4.78 is 0. The van der Waals surface area contributed by atoms with Crippen molar-refractivity contribution < 1.29 is 0 Å². The van der Waals surface area contributed by atoms with Crippen LogP contribution in [0.1, 0.15) is 37.9 Å². The second-order valence-corrected chi connectivity index (χ2v) is 4.16. The lowest BCUT2D eigenvalue weighted by molar-refractivity contribution is 0.933. The Kier molecular flexibility index (Phi) is 4.23. The van der Waals surface area contributed by atoms with Crippen molar-refractivity contribution in [1.82, 2.24) is 15.2 Å². The van der Waals surface area contributed by atoms with Crippen molar-refractivity contribution in [2.24, 2.45) is 4.99 Å². The van der Waals surface area contributed by atoms with Gasteiger partial charge in [0.15, 0.2) is 5.82 Å². The third-order valence-electron chi connectivity index (χ3n) is 2.84. The van der Waals surface area contributed by atoms with Crippen molar-refractivity contribution in [1.29, 1.82) is 0 Å². The van der Waals surface area contributed by atoms with Crippen LogP contribution in [0.2, 0.25) is 0 Å². The summed E-state index contributed by atoms with van der Waals surface area (Å²) in [5, 5.41) is 8.35. The first-order valence-corrected chi connectivity index (χ1v) is 6.32. The highest BCUT2D eigenvalue weighted by atomic mass is 15.1. The van der Waals surface area contributed by atoms with Crippen LogP contribution in [0.15, 0.2) is 35.6 Å². The Morgan fingerprint density at radius 1 is 1.17 bits per heavy atom. The number of hydrogen-bond donors (Lipinski definition) is 1. The fourth-order valence-corrected chi connectivity index (χ4v) is 1.75. The average molecular weight is 242 g/mol. The predicted molar refractivity (Wildman–Crippen MR) is 73.3 cm³/mol. The van der Waals surface area contributed by atoms with E-state index in [0.29, 0.717) is 5.82 Å². The average Bonchev–Trinajstić information content (AvgIpc) is 2.91. The lowest BCUT2D eigenvalue weighted by atomic mass is 10.2. The van der Waals surface area contributed by atoms with E-state index in [-0.39, 0.29) is 0 Å². The lowest BCUT2D eigenvalue weighted by Gasteiger charge is -2.00. The van der Waals surface area contributed by atoms with Gasteiger partial charge in [0, 0.05) is 24.5 Å². The molecule has 2 aromatic heterocycles. The Balaban J connectivity index is 2.08. The van der Waals surface area contributed by atoms with Gasteiger partial charge in [-0.15, -0.1) is 5.10 Å². The molecule has 0 bridgehead atoms. The molecule has 2 heterocycles. The molecule has 0 fully saturated rings. The van der Waals surface area contributed by atoms with Gasteiger partial charge in [-0.25, -0.2) is 4.99 Å². The van der Waals surface area contributed by atoms with Gasteiger partial charge in [-0.1, -0.05) is 13.8 Å². The van der Waals surface area contributed by atoms with Crippen LogP contribution < -0.4 is 0 Å². The molecule has 18 heavy (non-hydrogen) atoms. The minimum absolute atomic E-state index is 0.700. The van der Waals surface area contributed by atoms with E-state index in [4.69, 9.17) is 0 Å². The molecule has 0 atom stereocenters. The molecule has 0 amide bonds. The molecule has 0 unspecified atom stereocenters. The molecule has 0 saturated heterocycles. The van der Waals surface area contributed by atoms with Crippen molar-refractivity contribution in [3.05, 3.63) is 41.9 Å². The summed E-state index contributed by atoms with van der Waals surface area (Å²) in [5.41, 5.74) is 3.33. The molecule has 0 spiro atoms. The Morgan fingerprint density at radius 2 is 2.00 bits per heavy atom. The standard InChI is InChI=1S/C14H18N4/c1-3-12(4-2)16-14-6-5-13(17-18-14)9-11-7-8-15-10-11/h5-8,10,15H,3-4,9H2,1-2H3. The number of aromatic amines is 1. The van der Waals surface area contributed by atoms with Crippen LogP contribution in [-0.2, 0) is 6.42 Å². The van der Waals surface area contributed by atoms with E-state index in [9.17, 15) is 0 Å². The first-order valence-electron chi connectivity index (χ1n) is 6.32. The number of rotatable bonds is 5. The van der Waals surface area contributed by atoms with E-state index in [1.807, 2.05) is 30.6 Å². The fraction of sp³-hybridized carbons (Fsp3) is 0.357. The molecule has 0 aromatic carbocycles. The Bertz CT molecular complexity index is 491. The van der Waals surface area contributed by atoms with E-state index < -0.39 is 0 Å². The van der Waals surface area contributed by atoms with Gasteiger partial charge < -0.3 is 4.98 Å². The van der Waals surface area contributed by atoms with E-state index in [2.05, 4.69) is 34.0 Å². The molecule has 4 heteroatoms. The van der Waals surface area contributed by atoms with Gasteiger partial charge in [0.25, 0.3) is 0 Å². The van der Waals surface area contributed by atoms with Crippen LogP contribution in [-0.4, -0.2) is 20.9 Å². The van der Waals surface area contributed by atoms with Crippen molar-refractivity contribution in [2.45, 2.75) is 33.1 Å². The molecular weight excluding hydrogens is 224 g/mol. The molecule has 0 aliphatic rings. The topological polar surface area (TPSA) is 53.9 Å². The second kappa shape index (κ2) is 6.10. The minimum atomic E-state index is 0.700. The third-order valence-corrected chi connectivity index (χ3v) is 2.84. The van der Waals surface area contributed by atoms with Crippen molar-refractivity contribution in [2.75, 3.05) is 0 Å². The highest BCUT2D eigenvalue weighted by molar-refractivity contribution is 5.85. The van der Waals surface area contributed by atoms with Crippen molar-refractivity contribution in [3.63, 3.8) is 0 Å². The molecular formula is C14H18N4. The highest BCUT2D eigenvalue weighted by Gasteiger charge is 2.00. The number of H-pyrrole nitrogens is 1. The molecule has 2 rings (SSSR count). The Hall–Kier alpha value is -1.97. The Labute approximate surface area is 107 Å². The monoisotopic (exact) mass is 242 g/mol. The normalized spacial score (nSPS) is 10.3. The van der Waals surface area contributed by atoms with Gasteiger partial charge in [0.2, 0.25) is 0 Å². The smallest absolute Gasteiger partial charge is 0.174 e. The number of aromatic nitrogens is 3. The summed E-state index contributed by atoms with van der Waals surface area (Å²) in [6, 6.07) is 5.96. The number of nitrogens with one attached hydrogen (secondary N) is 1. The fourth-order valence-electron chi connectivity index (χ4n) is 1.75. The van der Waals surface area contributed by atoms with Crippen molar-refractivity contribution >= 4 is 11.5 Å². The molecule has 1 N–H and O–H groups in total. The maximum Gasteiger partial charge on any atom is 0.174 e. The van der Waals surface area contributed by atoms with Gasteiger partial charge >= 0.3 is 0 Å². The first-order chi connectivity index (χ1) is 8.81. The number of aliphatic imine (C=N–C) groups is 1. The summed E-state index contributed by atoms with van der Waals surface area (Å²) in [5.74, 6) is 0.700. The lowest BCUT2D eigenvalue weighted by Crippen LogP contribution is -1.96. The summed E-state index contributed by atoms with van der Waals surface area (Å²) in [6.07, 6.45) is 6.61. The zero-order valence-electron chi connectivity index (χ0n) is 10.8. The van der Waals surface area contributed by atoms with E-state index in [0.717, 1.165) is 30.7 Å². The molecule has 2 aromatic rings. The van der Waals surface area contributed by atoms with E-state index in [1.54, 1.807) is 0 Å². The van der Waals surface area contributed by atoms with Crippen LogP contribution in [0, 0.1) is 0 Å². The first kappa shape index (κ1) is 12.5. The van der Waals surface area contributed by atoms with Crippen LogP contribution in [0.4, 0.5) is 5.82 Å². The number of nitrogens with zero attached hydrogens (tertiary/aromatic N) is 3. The largest absolute Gasteiger partial charge is 0.367 e. The summed E-state index contributed by atoms with van der Waals surface area (Å²) >= 11 is 0. The zero-order chi connectivity index (χ0) is 12.8. The van der Waals surface area contributed by atoms with E-state index in [1.165, 1.54) is 5.56 Å². The summed E-state index contributed by atoms with van der Waals surface area (Å²) in [7, 11) is 0. The number of hydrogen-bond acceptors (Lipinski definition) is 3. The van der Waals surface area contributed by atoms with Gasteiger partial charge in [-0.2, -0.15) is 5.10 Å². The van der Waals surface area contributed by atoms with Crippen LogP contribution in [0.3, 0.4) is 0 Å². The van der Waals surface area contributed by atoms with Gasteiger partial charge in [-0.3, -0.25) is 0 Å². The second-order valence-electron chi connectivity index (χ2n) is 4.16. The maximum absolute atomic E-state index is 4.47. The molecule has 4 nitrogen and oxygen atoms in total. The van der Waals surface area contributed by atoms with Gasteiger partial charge in [0.05, 0.1) is 5.69 Å². The predicted octanol–water partition coefficient (Wildman–Crippen LogP) is 3.29. The third kappa shape index (κ3) is 3.26. The van der Waals surface area contributed by atoms with Crippen LogP contribution in [0.5, 0.6) is 0 Å².